The molecule has 1 aliphatic heterocycles. The Balaban J connectivity index is 2.24. The van der Waals surface area contributed by atoms with E-state index in [1.807, 2.05) is 51.1 Å². The van der Waals surface area contributed by atoms with Crippen LogP contribution >= 0.6 is 0 Å². The van der Waals surface area contributed by atoms with Gasteiger partial charge < -0.3 is 18.9 Å². The van der Waals surface area contributed by atoms with E-state index < -0.39 is 35.5 Å². The Hall–Kier alpha value is -2.12. The molecule has 1 amide bonds. The van der Waals surface area contributed by atoms with Crippen LogP contribution in [0, 0.1) is 0 Å². The minimum absolute atomic E-state index is 0.142. The minimum Gasteiger partial charge on any atom is -0.467 e. The molecular formula is C21H31NO6. The van der Waals surface area contributed by atoms with Crippen LogP contribution in [0.25, 0.3) is 0 Å². The molecule has 2 rings (SSSR count). The summed E-state index contributed by atoms with van der Waals surface area (Å²) < 4.78 is 22.3. The van der Waals surface area contributed by atoms with Crippen LogP contribution in [0.5, 0.6) is 0 Å². The second kappa shape index (κ2) is 8.92. The molecule has 156 valence electrons. The maximum absolute atomic E-state index is 13.0. The number of ether oxygens (including phenoxy) is 4. The number of hydrogen-bond acceptors (Lipinski definition) is 6. The number of esters is 1. The van der Waals surface area contributed by atoms with Crippen molar-refractivity contribution in [3.8, 4) is 0 Å². The van der Waals surface area contributed by atoms with E-state index in [1.165, 1.54) is 12.0 Å². The Morgan fingerprint density at radius 1 is 1.29 bits per heavy atom. The second-order valence-electron chi connectivity index (χ2n) is 7.92. The molecule has 1 fully saturated rings. The average molecular weight is 393 g/mol. The maximum Gasteiger partial charge on any atom is 0.413 e. The molecule has 1 aliphatic rings. The first-order valence-electron chi connectivity index (χ1n) is 9.51. The van der Waals surface area contributed by atoms with Crippen molar-refractivity contribution in [1.82, 2.24) is 4.90 Å². The van der Waals surface area contributed by atoms with Gasteiger partial charge in [-0.2, -0.15) is 0 Å². The van der Waals surface area contributed by atoms with Crippen molar-refractivity contribution in [3.05, 3.63) is 35.9 Å². The molecule has 2 atom stereocenters. The molecule has 0 aliphatic carbocycles. The lowest BCUT2D eigenvalue weighted by atomic mass is 10.1. The van der Waals surface area contributed by atoms with E-state index in [0.29, 0.717) is 6.42 Å². The first-order chi connectivity index (χ1) is 13.1. The molecule has 1 unspecified atom stereocenters. The second-order valence-corrected chi connectivity index (χ2v) is 7.92. The Bertz CT molecular complexity index is 673. The van der Waals surface area contributed by atoms with Gasteiger partial charge in [-0.1, -0.05) is 37.3 Å². The van der Waals surface area contributed by atoms with Crippen LogP contribution in [0.4, 0.5) is 4.79 Å². The van der Waals surface area contributed by atoms with Gasteiger partial charge in [-0.15, -0.1) is 0 Å². The molecule has 0 aromatic heterocycles. The van der Waals surface area contributed by atoms with Crippen molar-refractivity contribution in [3.63, 3.8) is 0 Å². The first kappa shape index (κ1) is 22.2. The SMILES string of the molecule is CCC(C)(C)OC(=O)N1[C@H](C(OCc2ccccc2)C(=O)OC)COC1(C)C. The number of amides is 1. The Labute approximate surface area is 166 Å². The van der Waals surface area contributed by atoms with E-state index in [0.717, 1.165) is 5.56 Å². The molecule has 1 aromatic rings. The highest BCUT2D eigenvalue weighted by atomic mass is 16.6. The topological polar surface area (TPSA) is 74.3 Å². The number of nitrogens with zero attached hydrogens (tertiary/aromatic N) is 1. The molecule has 1 aromatic carbocycles. The lowest BCUT2D eigenvalue weighted by Gasteiger charge is -2.37. The van der Waals surface area contributed by atoms with Crippen LogP contribution in [0.1, 0.15) is 46.6 Å². The number of carbonyl (C=O) groups excluding carboxylic acids is 2. The molecule has 7 nitrogen and oxygen atoms in total. The minimum atomic E-state index is -0.996. The number of benzene rings is 1. The van der Waals surface area contributed by atoms with Crippen molar-refractivity contribution in [1.29, 1.82) is 0 Å². The van der Waals surface area contributed by atoms with Gasteiger partial charge in [0.2, 0.25) is 0 Å². The lowest BCUT2D eigenvalue weighted by Crippen LogP contribution is -2.55. The monoisotopic (exact) mass is 393 g/mol. The molecule has 0 N–H and O–H groups in total. The summed E-state index contributed by atoms with van der Waals surface area (Å²) >= 11 is 0. The summed E-state index contributed by atoms with van der Waals surface area (Å²) in [5.74, 6) is -0.560. The maximum atomic E-state index is 13.0. The van der Waals surface area contributed by atoms with E-state index >= 15 is 0 Å². The molecule has 28 heavy (non-hydrogen) atoms. The Morgan fingerprint density at radius 3 is 2.50 bits per heavy atom. The molecule has 0 bridgehead atoms. The molecule has 1 heterocycles. The summed E-state index contributed by atoms with van der Waals surface area (Å²) in [6.45, 7) is 9.50. The van der Waals surface area contributed by atoms with E-state index in [9.17, 15) is 9.59 Å². The highest BCUT2D eigenvalue weighted by Gasteiger charge is 2.51. The number of carbonyl (C=O) groups is 2. The van der Waals surface area contributed by atoms with Crippen LogP contribution < -0.4 is 0 Å². The van der Waals surface area contributed by atoms with Gasteiger partial charge in [0.05, 0.1) is 26.4 Å². The largest absolute Gasteiger partial charge is 0.467 e. The fraction of sp³-hybridized carbons (Fsp3) is 0.619. The quantitative estimate of drug-likeness (QED) is 0.660. The van der Waals surface area contributed by atoms with E-state index in [-0.39, 0.29) is 13.2 Å². The fourth-order valence-electron chi connectivity index (χ4n) is 2.98. The third-order valence-corrected chi connectivity index (χ3v) is 4.99. The van der Waals surface area contributed by atoms with E-state index in [2.05, 4.69) is 0 Å². The molecule has 1 saturated heterocycles. The zero-order valence-electron chi connectivity index (χ0n) is 17.6. The predicted octanol–water partition coefficient (Wildman–Crippen LogP) is 3.51. The zero-order chi connectivity index (χ0) is 20.9. The van der Waals surface area contributed by atoms with Gasteiger partial charge in [0, 0.05) is 0 Å². The molecule has 0 spiro atoms. The Morgan fingerprint density at radius 2 is 1.93 bits per heavy atom. The van der Waals surface area contributed by atoms with Crippen LogP contribution in [0.15, 0.2) is 30.3 Å². The summed E-state index contributed by atoms with van der Waals surface area (Å²) in [5, 5.41) is 0. The van der Waals surface area contributed by atoms with Gasteiger partial charge in [-0.05, 0) is 39.7 Å². The van der Waals surface area contributed by atoms with E-state index in [4.69, 9.17) is 18.9 Å². The van der Waals surface area contributed by atoms with Gasteiger partial charge in [-0.3, -0.25) is 4.90 Å². The summed E-state index contributed by atoms with van der Waals surface area (Å²) in [7, 11) is 1.30. The van der Waals surface area contributed by atoms with E-state index in [1.54, 1.807) is 13.8 Å². The van der Waals surface area contributed by atoms with Crippen molar-refractivity contribution >= 4 is 12.1 Å². The van der Waals surface area contributed by atoms with Gasteiger partial charge in [0.25, 0.3) is 0 Å². The van der Waals surface area contributed by atoms with Crippen LogP contribution in [-0.4, -0.2) is 54.2 Å². The third-order valence-electron chi connectivity index (χ3n) is 4.99. The third kappa shape index (κ3) is 5.23. The highest BCUT2D eigenvalue weighted by molar-refractivity contribution is 5.78. The summed E-state index contributed by atoms with van der Waals surface area (Å²) in [6.07, 6.45) is -0.885. The lowest BCUT2D eigenvalue weighted by molar-refractivity contribution is -0.159. The first-order valence-corrected chi connectivity index (χ1v) is 9.51. The van der Waals surface area contributed by atoms with Crippen LogP contribution in [-0.2, 0) is 30.3 Å². The summed E-state index contributed by atoms with van der Waals surface area (Å²) in [6, 6.07) is 8.83. The van der Waals surface area contributed by atoms with Gasteiger partial charge >= 0.3 is 12.1 Å². The predicted molar refractivity (Wildman–Crippen MR) is 104 cm³/mol. The number of methoxy groups -OCH3 is 1. The summed E-state index contributed by atoms with van der Waals surface area (Å²) in [4.78, 5) is 26.9. The van der Waals surface area contributed by atoms with Crippen LogP contribution in [0.3, 0.4) is 0 Å². The van der Waals surface area contributed by atoms with Gasteiger partial charge in [-0.25, -0.2) is 9.59 Å². The van der Waals surface area contributed by atoms with Crippen molar-refractivity contribution in [2.45, 2.75) is 71.1 Å². The summed E-state index contributed by atoms with van der Waals surface area (Å²) in [5.41, 5.74) is -0.657. The Kier molecular flexibility index (Phi) is 7.06. The highest BCUT2D eigenvalue weighted by Crippen LogP contribution is 2.32. The molecule has 7 heteroatoms. The number of hydrogen-bond donors (Lipinski definition) is 0. The zero-order valence-corrected chi connectivity index (χ0v) is 17.6. The number of rotatable bonds is 7. The smallest absolute Gasteiger partial charge is 0.413 e. The average Bonchev–Trinajstić information content (AvgIpc) is 2.97. The molecule has 0 radical (unpaired) electrons. The fourth-order valence-corrected chi connectivity index (χ4v) is 2.98. The normalized spacial score (nSPS) is 19.9. The molecule has 0 saturated carbocycles. The van der Waals surface area contributed by atoms with Crippen molar-refractivity contribution in [2.75, 3.05) is 13.7 Å². The van der Waals surface area contributed by atoms with Gasteiger partial charge in [0.15, 0.2) is 6.10 Å². The van der Waals surface area contributed by atoms with Crippen LogP contribution in [0.2, 0.25) is 0 Å². The van der Waals surface area contributed by atoms with Crippen molar-refractivity contribution in [2.24, 2.45) is 0 Å². The molecular weight excluding hydrogens is 362 g/mol. The standard InChI is InChI=1S/C21H31NO6/c1-7-20(2,3)28-19(24)22-16(14-27-21(22,4)5)17(18(23)25-6)26-13-15-11-9-8-10-12-15/h8-12,16-17H,7,13-14H2,1-6H3/t16-,17?/m0/s1. The van der Waals surface area contributed by atoms with Crippen molar-refractivity contribution < 1.29 is 28.5 Å². The van der Waals surface area contributed by atoms with Gasteiger partial charge in [0.1, 0.15) is 11.3 Å².